The van der Waals surface area contributed by atoms with E-state index in [9.17, 15) is 18.0 Å². The number of carbonyl (C=O) groups excluding carboxylic acids is 1. The molecule has 4 rings (SSSR count). The van der Waals surface area contributed by atoms with Gasteiger partial charge in [0.05, 0.1) is 13.2 Å². The number of alkyl halides is 3. The van der Waals surface area contributed by atoms with Crippen LogP contribution in [-0.4, -0.2) is 57.3 Å². The quantitative estimate of drug-likeness (QED) is 0.594. The van der Waals surface area contributed by atoms with Crippen molar-refractivity contribution in [1.29, 1.82) is 0 Å². The number of benzene rings is 1. The first kappa shape index (κ1) is 21.8. The van der Waals surface area contributed by atoms with Crippen LogP contribution >= 0.6 is 0 Å². The van der Waals surface area contributed by atoms with Gasteiger partial charge in [-0.1, -0.05) is 12.1 Å². The Morgan fingerprint density at radius 3 is 2.19 bits per heavy atom. The molecule has 168 valence electrons. The number of ether oxygens (including phenoxy) is 1. The lowest BCUT2D eigenvalue weighted by Crippen LogP contribution is -2.47. The van der Waals surface area contributed by atoms with Crippen LogP contribution in [-0.2, 0) is 24.0 Å². The van der Waals surface area contributed by atoms with Crippen LogP contribution in [0.1, 0.15) is 17.0 Å². The van der Waals surface area contributed by atoms with Crippen LogP contribution in [0.2, 0.25) is 0 Å². The zero-order valence-electron chi connectivity index (χ0n) is 17.0. The molecule has 1 aromatic carbocycles. The van der Waals surface area contributed by atoms with Crippen LogP contribution in [0, 0.1) is 0 Å². The van der Waals surface area contributed by atoms with Crippen LogP contribution in [0.15, 0.2) is 53.2 Å². The van der Waals surface area contributed by atoms with Gasteiger partial charge in [-0.05, 0) is 35.4 Å². The summed E-state index contributed by atoms with van der Waals surface area (Å²) in [6.07, 6.45) is -1.36. The molecule has 1 fully saturated rings. The van der Waals surface area contributed by atoms with Gasteiger partial charge in [0.2, 0.25) is 5.89 Å². The maximum Gasteiger partial charge on any atom is 0.470 e. The Bertz CT molecular complexity index is 1030. The second kappa shape index (κ2) is 9.35. The van der Waals surface area contributed by atoms with E-state index >= 15 is 0 Å². The number of nitrogens with zero attached hydrogens (tertiary/aromatic N) is 5. The van der Waals surface area contributed by atoms with Crippen LogP contribution < -0.4 is 0 Å². The molecule has 0 N–H and O–H groups in total. The summed E-state index contributed by atoms with van der Waals surface area (Å²) in [6.45, 7) is 2.73. The van der Waals surface area contributed by atoms with Gasteiger partial charge in [-0.15, -0.1) is 10.2 Å². The molecular weight excluding hydrogens is 427 g/mol. The van der Waals surface area contributed by atoms with E-state index in [1.54, 1.807) is 46.5 Å². The minimum Gasteiger partial charge on any atom is -0.413 e. The van der Waals surface area contributed by atoms with E-state index in [-0.39, 0.29) is 11.9 Å². The zero-order valence-corrected chi connectivity index (χ0v) is 17.0. The number of morpholine rings is 1. The minimum absolute atomic E-state index is 0.110. The highest BCUT2D eigenvalue weighted by Crippen LogP contribution is 2.30. The zero-order chi connectivity index (χ0) is 22.6. The second-order valence-corrected chi connectivity index (χ2v) is 7.20. The molecule has 0 spiro atoms. The molecular formula is C21H20F3N5O3. The van der Waals surface area contributed by atoms with Crippen LogP contribution in [0.25, 0.3) is 11.5 Å². The summed E-state index contributed by atoms with van der Waals surface area (Å²) in [5.41, 5.74) is 2.10. The number of hydrogen-bond donors (Lipinski definition) is 0. The SMILES string of the molecule is O=C(N1CCOCC1)N(Cc1ccncc1)Cc1ccc(-c2nnc(C(F)(F)F)o2)cc1. The summed E-state index contributed by atoms with van der Waals surface area (Å²) in [5.74, 6) is -1.61. The van der Waals surface area contributed by atoms with Crippen LogP contribution in [0.3, 0.4) is 0 Å². The van der Waals surface area contributed by atoms with E-state index in [4.69, 9.17) is 9.15 Å². The average molecular weight is 447 g/mol. The molecule has 2 aromatic heterocycles. The predicted octanol–water partition coefficient (Wildman–Crippen LogP) is 3.60. The highest BCUT2D eigenvalue weighted by atomic mass is 19.4. The number of carbonyl (C=O) groups is 1. The Labute approximate surface area is 181 Å². The summed E-state index contributed by atoms with van der Waals surface area (Å²) < 4.78 is 48.1. The van der Waals surface area contributed by atoms with Gasteiger partial charge in [0.15, 0.2) is 0 Å². The maximum absolute atomic E-state index is 13.1. The summed E-state index contributed by atoms with van der Waals surface area (Å²) >= 11 is 0. The van der Waals surface area contributed by atoms with E-state index in [1.165, 1.54) is 0 Å². The number of urea groups is 1. The normalized spacial score (nSPS) is 14.4. The van der Waals surface area contributed by atoms with Crippen LogP contribution in [0.4, 0.5) is 18.0 Å². The van der Waals surface area contributed by atoms with Crippen molar-refractivity contribution in [2.24, 2.45) is 0 Å². The van der Waals surface area contributed by atoms with Gasteiger partial charge in [0, 0.05) is 44.1 Å². The Morgan fingerprint density at radius 1 is 0.969 bits per heavy atom. The summed E-state index contributed by atoms with van der Waals surface area (Å²) in [4.78, 5) is 20.6. The number of halogens is 3. The number of aromatic nitrogens is 3. The molecule has 1 aliphatic heterocycles. The van der Waals surface area contributed by atoms with Crippen molar-refractivity contribution in [3.63, 3.8) is 0 Å². The molecule has 1 aliphatic rings. The molecule has 8 nitrogen and oxygen atoms in total. The topological polar surface area (TPSA) is 84.6 Å². The maximum atomic E-state index is 13.1. The fraction of sp³-hybridized carbons (Fsp3) is 0.333. The van der Waals surface area contributed by atoms with Gasteiger partial charge in [0.25, 0.3) is 0 Å². The molecule has 32 heavy (non-hydrogen) atoms. The van der Waals surface area contributed by atoms with E-state index in [0.29, 0.717) is 45.0 Å². The molecule has 11 heteroatoms. The van der Waals surface area contributed by atoms with Gasteiger partial charge in [-0.25, -0.2) is 4.79 Å². The summed E-state index contributed by atoms with van der Waals surface area (Å²) in [5, 5.41) is 6.50. The molecule has 3 aromatic rings. The van der Waals surface area contributed by atoms with E-state index in [0.717, 1.165) is 11.1 Å². The number of pyridine rings is 1. The van der Waals surface area contributed by atoms with E-state index in [2.05, 4.69) is 15.2 Å². The number of amides is 2. The molecule has 0 radical (unpaired) electrons. The van der Waals surface area contributed by atoms with Crippen molar-refractivity contribution >= 4 is 6.03 Å². The Hall–Kier alpha value is -3.47. The second-order valence-electron chi connectivity index (χ2n) is 7.20. The third kappa shape index (κ3) is 5.22. The van der Waals surface area contributed by atoms with Gasteiger partial charge >= 0.3 is 18.1 Å². The van der Waals surface area contributed by atoms with Gasteiger partial charge < -0.3 is 19.0 Å². The van der Waals surface area contributed by atoms with Crippen molar-refractivity contribution in [1.82, 2.24) is 25.0 Å². The smallest absolute Gasteiger partial charge is 0.413 e. The lowest BCUT2D eigenvalue weighted by atomic mass is 10.1. The first-order valence-corrected chi connectivity index (χ1v) is 9.90. The Balaban J connectivity index is 1.51. The number of hydrogen-bond acceptors (Lipinski definition) is 6. The molecule has 3 heterocycles. The third-order valence-corrected chi connectivity index (χ3v) is 4.92. The lowest BCUT2D eigenvalue weighted by Gasteiger charge is -2.33. The Morgan fingerprint density at radius 2 is 1.59 bits per heavy atom. The van der Waals surface area contributed by atoms with Crippen molar-refractivity contribution in [2.45, 2.75) is 19.3 Å². The first-order valence-electron chi connectivity index (χ1n) is 9.90. The molecule has 0 saturated carbocycles. The van der Waals surface area contributed by atoms with Gasteiger partial charge in [0.1, 0.15) is 0 Å². The van der Waals surface area contributed by atoms with Crippen LogP contribution in [0.5, 0.6) is 0 Å². The summed E-state index contributed by atoms with van der Waals surface area (Å²) in [7, 11) is 0. The molecule has 0 unspecified atom stereocenters. The molecule has 0 aliphatic carbocycles. The lowest BCUT2D eigenvalue weighted by molar-refractivity contribution is -0.156. The van der Waals surface area contributed by atoms with Gasteiger partial charge in [-0.3, -0.25) is 4.98 Å². The molecule has 1 saturated heterocycles. The molecule has 2 amide bonds. The fourth-order valence-corrected chi connectivity index (χ4v) is 3.28. The van der Waals surface area contributed by atoms with Crippen molar-refractivity contribution in [3.8, 4) is 11.5 Å². The van der Waals surface area contributed by atoms with Crippen molar-refractivity contribution < 1.29 is 27.1 Å². The highest BCUT2D eigenvalue weighted by molar-refractivity contribution is 5.74. The predicted molar refractivity (Wildman–Crippen MR) is 106 cm³/mol. The highest BCUT2D eigenvalue weighted by Gasteiger charge is 2.38. The van der Waals surface area contributed by atoms with Crippen molar-refractivity contribution in [3.05, 3.63) is 65.8 Å². The molecule has 0 bridgehead atoms. The average Bonchev–Trinajstić information content (AvgIpc) is 3.31. The largest absolute Gasteiger partial charge is 0.470 e. The van der Waals surface area contributed by atoms with E-state index < -0.39 is 12.1 Å². The van der Waals surface area contributed by atoms with Gasteiger partial charge in [-0.2, -0.15) is 13.2 Å². The fourth-order valence-electron chi connectivity index (χ4n) is 3.28. The van der Waals surface area contributed by atoms with E-state index in [1.807, 2.05) is 12.1 Å². The number of rotatable bonds is 5. The third-order valence-electron chi connectivity index (χ3n) is 4.92. The standard InChI is InChI=1S/C21H20F3N5O3/c22-21(23,24)19-27-26-18(32-19)17-3-1-15(2-4-17)13-29(14-16-5-7-25-8-6-16)20(30)28-9-11-31-12-10-28/h1-8H,9-14H2. The Kier molecular flexibility index (Phi) is 6.35. The molecule has 0 atom stereocenters. The first-order chi connectivity index (χ1) is 15.4. The minimum atomic E-state index is -4.70. The monoisotopic (exact) mass is 447 g/mol. The summed E-state index contributed by atoms with van der Waals surface area (Å²) in [6, 6.07) is 10.2. The van der Waals surface area contributed by atoms with Crippen molar-refractivity contribution in [2.75, 3.05) is 26.3 Å².